The molecule has 0 fully saturated rings. The Kier molecular flexibility index (Phi) is 5.94. The summed E-state index contributed by atoms with van der Waals surface area (Å²) >= 11 is 8.78. The zero-order valence-electron chi connectivity index (χ0n) is 16.3. The number of nitrogen functional groups attached to an aromatic ring is 1. The third kappa shape index (κ3) is 4.14. The average Bonchev–Trinajstić information content (AvgIpc) is 3.35. The highest BCUT2D eigenvalue weighted by Crippen LogP contribution is 2.29. The van der Waals surface area contributed by atoms with Crippen LogP contribution in [0.25, 0.3) is 21.6 Å². The quantitative estimate of drug-likeness (QED) is 0.343. The first-order valence-electron chi connectivity index (χ1n) is 9.14. The standard InChI is InChI=1S/C20H19ClN6OS2/c1-12(19-23-15-5-3-4-6-16(15)30-19)26(2)17(28)11-29-20-25-24-18(27(20)22)13-7-9-14(21)10-8-13/h3-10,12H,11,22H2,1-2H3/t12-/m1/s1. The molecule has 10 heteroatoms. The van der Waals surface area contributed by atoms with Crippen molar-refractivity contribution in [3.63, 3.8) is 0 Å². The van der Waals surface area contributed by atoms with Gasteiger partial charge in [-0.3, -0.25) is 4.79 Å². The second-order valence-corrected chi connectivity index (χ2v) is 9.11. The van der Waals surface area contributed by atoms with Gasteiger partial charge in [-0.25, -0.2) is 9.66 Å². The Hall–Kier alpha value is -2.62. The van der Waals surface area contributed by atoms with E-state index in [0.29, 0.717) is 16.0 Å². The number of carbonyl (C=O) groups excluding carboxylic acids is 1. The first-order chi connectivity index (χ1) is 14.4. The second kappa shape index (κ2) is 8.63. The fourth-order valence-electron chi connectivity index (χ4n) is 2.85. The molecule has 0 spiro atoms. The van der Waals surface area contributed by atoms with Gasteiger partial charge in [-0.2, -0.15) is 0 Å². The predicted octanol–water partition coefficient (Wildman–Crippen LogP) is 4.23. The maximum atomic E-state index is 12.7. The van der Waals surface area contributed by atoms with E-state index in [1.807, 2.05) is 43.3 Å². The molecule has 2 N–H and O–H groups in total. The molecule has 4 aromatic rings. The Balaban J connectivity index is 1.42. The summed E-state index contributed by atoms with van der Waals surface area (Å²) in [6.45, 7) is 1.98. The highest BCUT2D eigenvalue weighted by atomic mass is 35.5. The number of halogens is 1. The maximum absolute atomic E-state index is 12.7. The molecule has 0 saturated carbocycles. The third-order valence-corrected chi connectivity index (χ3v) is 7.12. The minimum Gasteiger partial charge on any atom is -0.336 e. The average molecular weight is 459 g/mol. The molecular formula is C20H19ClN6OS2. The van der Waals surface area contributed by atoms with Crippen LogP contribution in [-0.2, 0) is 4.79 Å². The summed E-state index contributed by atoms with van der Waals surface area (Å²) in [5.41, 5.74) is 1.75. The monoisotopic (exact) mass is 458 g/mol. The molecule has 4 rings (SSSR count). The van der Waals surface area contributed by atoms with Crippen molar-refractivity contribution >= 4 is 50.8 Å². The molecule has 154 valence electrons. The molecule has 0 radical (unpaired) electrons. The molecule has 2 aromatic heterocycles. The zero-order valence-corrected chi connectivity index (χ0v) is 18.7. The molecule has 0 saturated heterocycles. The van der Waals surface area contributed by atoms with Gasteiger partial charge >= 0.3 is 0 Å². The van der Waals surface area contributed by atoms with Gasteiger partial charge < -0.3 is 10.7 Å². The van der Waals surface area contributed by atoms with Crippen LogP contribution >= 0.6 is 34.7 Å². The van der Waals surface area contributed by atoms with E-state index < -0.39 is 0 Å². The van der Waals surface area contributed by atoms with Crippen LogP contribution in [0.4, 0.5) is 0 Å². The normalized spacial score (nSPS) is 12.2. The van der Waals surface area contributed by atoms with Crippen LogP contribution in [0.2, 0.25) is 5.02 Å². The maximum Gasteiger partial charge on any atom is 0.233 e. The number of rotatable bonds is 6. The summed E-state index contributed by atoms with van der Waals surface area (Å²) < 4.78 is 2.50. The lowest BCUT2D eigenvalue weighted by Crippen LogP contribution is -2.31. The summed E-state index contributed by atoms with van der Waals surface area (Å²) in [5, 5.41) is 10.3. The number of nitrogens with two attached hydrogens (primary N) is 1. The fourth-order valence-corrected chi connectivity index (χ4v) is 4.82. The summed E-state index contributed by atoms with van der Waals surface area (Å²) in [6, 6.07) is 15.0. The Labute approximate surface area is 186 Å². The predicted molar refractivity (Wildman–Crippen MR) is 122 cm³/mol. The summed E-state index contributed by atoms with van der Waals surface area (Å²) in [7, 11) is 1.78. The van der Waals surface area contributed by atoms with Crippen LogP contribution in [0, 0.1) is 0 Å². The smallest absolute Gasteiger partial charge is 0.233 e. The summed E-state index contributed by atoms with van der Waals surface area (Å²) in [6.07, 6.45) is 0. The minimum absolute atomic E-state index is 0.0391. The van der Waals surface area contributed by atoms with Gasteiger partial charge in [0.2, 0.25) is 11.1 Å². The topological polar surface area (TPSA) is 89.9 Å². The molecule has 1 amide bonds. The van der Waals surface area contributed by atoms with Crippen LogP contribution in [-0.4, -0.2) is 43.5 Å². The molecule has 0 aliphatic heterocycles. The largest absolute Gasteiger partial charge is 0.336 e. The van der Waals surface area contributed by atoms with Crippen LogP contribution in [0.1, 0.15) is 18.0 Å². The van der Waals surface area contributed by atoms with E-state index in [1.165, 1.54) is 16.4 Å². The molecule has 0 unspecified atom stereocenters. The van der Waals surface area contributed by atoms with Gasteiger partial charge in [0.05, 0.1) is 22.0 Å². The Bertz CT molecular complexity index is 1160. The SMILES string of the molecule is C[C@H](c1nc2ccccc2s1)N(C)C(=O)CSc1nnc(-c2ccc(Cl)cc2)n1N. The van der Waals surface area contributed by atoms with Crippen molar-refractivity contribution in [1.82, 2.24) is 24.8 Å². The molecule has 0 aliphatic carbocycles. The van der Waals surface area contributed by atoms with Gasteiger partial charge in [-0.05, 0) is 43.3 Å². The molecule has 1 atom stereocenters. The molecular weight excluding hydrogens is 440 g/mol. The lowest BCUT2D eigenvalue weighted by molar-refractivity contribution is -0.128. The van der Waals surface area contributed by atoms with Gasteiger partial charge in [-0.1, -0.05) is 35.5 Å². The number of aromatic nitrogens is 4. The van der Waals surface area contributed by atoms with E-state index in [2.05, 4.69) is 15.2 Å². The van der Waals surface area contributed by atoms with Crippen LogP contribution in [0.15, 0.2) is 53.7 Å². The first-order valence-corrected chi connectivity index (χ1v) is 11.3. The molecule has 7 nitrogen and oxygen atoms in total. The Morgan fingerprint density at radius 1 is 1.23 bits per heavy atom. The summed E-state index contributed by atoms with van der Waals surface area (Å²) in [4.78, 5) is 19.1. The third-order valence-electron chi connectivity index (χ3n) is 4.73. The second-order valence-electron chi connectivity index (χ2n) is 6.67. The van der Waals surface area contributed by atoms with Crippen molar-refractivity contribution in [2.24, 2.45) is 0 Å². The van der Waals surface area contributed by atoms with Crippen LogP contribution in [0.5, 0.6) is 0 Å². The lowest BCUT2D eigenvalue weighted by atomic mass is 10.2. The Morgan fingerprint density at radius 3 is 2.70 bits per heavy atom. The van der Waals surface area contributed by atoms with Crippen molar-refractivity contribution < 1.29 is 4.79 Å². The van der Waals surface area contributed by atoms with Crippen molar-refractivity contribution in [1.29, 1.82) is 0 Å². The number of para-hydroxylation sites is 1. The molecule has 2 aromatic carbocycles. The molecule has 0 bridgehead atoms. The lowest BCUT2D eigenvalue weighted by Gasteiger charge is -2.23. The fraction of sp³-hybridized carbons (Fsp3) is 0.200. The Morgan fingerprint density at radius 2 is 1.97 bits per heavy atom. The number of fused-ring (bicyclic) bond motifs is 1. The van der Waals surface area contributed by atoms with Gasteiger partial charge in [0.1, 0.15) is 5.01 Å². The number of nitrogens with zero attached hydrogens (tertiary/aromatic N) is 5. The number of amides is 1. The number of thiazole rings is 1. The van der Waals surface area contributed by atoms with E-state index in [9.17, 15) is 4.79 Å². The number of carbonyl (C=O) groups is 1. The van der Waals surface area contributed by atoms with Gasteiger partial charge in [0.25, 0.3) is 0 Å². The molecule has 2 heterocycles. The van der Waals surface area contributed by atoms with Gasteiger partial charge in [0.15, 0.2) is 5.82 Å². The van der Waals surface area contributed by atoms with E-state index >= 15 is 0 Å². The van der Waals surface area contributed by atoms with Gasteiger partial charge in [0, 0.05) is 17.6 Å². The van der Waals surface area contributed by atoms with E-state index in [1.54, 1.807) is 35.4 Å². The number of thioether (sulfide) groups is 1. The number of benzene rings is 2. The van der Waals surface area contributed by atoms with Crippen LogP contribution < -0.4 is 5.84 Å². The zero-order chi connectivity index (χ0) is 21.3. The van der Waals surface area contributed by atoms with Crippen molar-refractivity contribution in [3.05, 3.63) is 58.6 Å². The van der Waals surface area contributed by atoms with E-state index in [-0.39, 0.29) is 17.7 Å². The number of hydrogen-bond acceptors (Lipinski definition) is 7. The summed E-state index contributed by atoms with van der Waals surface area (Å²) in [5.74, 6) is 6.80. The van der Waals surface area contributed by atoms with Crippen LogP contribution in [0.3, 0.4) is 0 Å². The van der Waals surface area contributed by atoms with Crippen molar-refractivity contribution in [3.8, 4) is 11.4 Å². The van der Waals surface area contributed by atoms with Crippen molar-refractivity contribution in [2.45, 2.75) is 18.1 Å². The van der Waals surface area contributed by atoms with Crippen molar-refractivity contribution in [2.75, 3.05) is 18.6 Å². The highest BCUT2D eigenvalue weighted by Gasteiger charge is 2.22. The van der Waals surface area contributed by atoms with E-state index in [0.717, 1.165) is 20.8 Å². The van der Waals surface area contributed by atoms with E-state index in [4.69, 9.17) is 17.4 Å². The van der Waals surface area contributed by atoms with Gasteiger partial charge in [-0.15, -0.1) is 21.5 Å². The number of hydrogen-bond donors (Lipinski definition) is 1. The minimum atomic E-state index is -0.129. The first kappa shape index (κ1) is 20.6. The molecule has 30 heavy (non-hydrogen) atoms. The molecule has 0 aliphatic rings. The highest BCUT2D eigenvalue weighted by molar-refractivity contribution is 7.99.